The number of aromatic nitrogens is 1. The van der Waals surface area contributed by atoms with Crippen molar-refractivity contribution < 1.29 is 18.8 Å². The van der Waals surface area contributed by atoms with Gasteiger partial charge in [-0.1, -0.05) is 17.3 Å². The van der Waals surface area contributed by atoms with E-state index in [1.54, 1.807) is 27.2 Å². The molecule has 6 heteroatoms. The number of nitrogens with one attached hydrogen (secondary N) is 1. The molecule has 112 valence electrons. The summed E-state index contributed by atoms with van der Waals surface area (Å²) >= 11 is 0. The largest absolute Gasteiger partial charge is 0.496 e. The van der Waals surface area contributed by atoms with Gasteiger partial charge in [-0.15, -0.1) is 0 Å². The Morgan fingerprint density at radius 2 is 2.10 bits per heavy atom. The first-order chi connectivity index (χ1) is 10.2. The van der Waals surface area contributed by atoms with E-state index in [2.05, 4.69) is 10.5 Å². The fourth-order valence-corrected chi connectivity index (χ4v) is 2.01. The van der Waals surface area contributed by atoms with E-state index in [9.17, 15) is 4.79 Å². The van der Waals surface area contributed by atoms with E-state index in [4.69, 9.17) is 14.0 Å². The van der Waals surface area contributed by atoms with Gasteiger partial charge < -0.3 is 19.3 Å². The Balaban J connectivity index is 2.36. The van der Waals surface area contributed by atoms with Crippen LogP contribution >= 0.6 is 0 Å². The Bertz CT molecular complexity index is 622. The molecule has 0 saturated carbocycles. The first-order valence-electron chi connectivity index (χ1n) is 6.55. The fraction of sp³-hybridized carbons (Fsp3) is 0.333. The lowest BCUT2D eigenvalue weighted by molar-refractivity contribution is 0.0937. The van der Waals surface area contributed by atoms with Crippen molar-refractivity contribution >= 4 is 5.91 Å². The van der Waals surface area contributed by atoms with E-state index >= 15 is 0 Å². The molecule has 0 atom stereocenters. The topological polar surface area (TPSA) is 73.6 Å². The number of aryl methyl sites for hydroxylation is 1. The van der Waals surface area contributed by atoms with E-state index in [-0.39, 0.29) is 5.91 Å². The van der Waals surface area contributed by atoms with Gasteiger partial charge in [0, 0.05) is 13.7 Å². The van der Waals surface area contributed by atoms with Crippen LogP contribution in [0.5, 0.6) is 5.75 Å². The predicted octanol–water partition coefficient (Wildman–Crippen LogP) is 2.03. The Kier molecular flexibility index (Phi) is 4.94. The first kappa shape index (κ1) is 15.1. The highest BCUT2D eigenvalue weighted by Gasteiger charge is 2.23. The molecule has 2 rings (SSSR count). The highest BCUT2D eigenvalue weighted by atomic mass is 16.5. The number of benzene rings is 1. The van der Waals surface area contributed by atoms with E-state index in [0.717, 1.165) is 0 Å². The molecule has 0 fully saturated rings. The molecule has 1 aromatic carbocycles. The van der Waals surface area contributed by atoms with Gasteiger partial charge >= 0.3 is 0 Å². The summed E-state index contributed by atoms with van der Waals surface area (Å²) in [5, 5.41) is 6.66. The van der Waals surface area contributed by atoms with E-state index in [1.165, 1.54) is 0 Å². The number of hydrogen-bond acceptors (Lipinski definition) is 5. The van der Waals surface area contributed by atoms with E-state index in [0.29, 0.717) is 41.5 Å². The molecule has 0 aliphatic heterocycles. The van der Waals surface area contributed by atoms with Gasteiger partial charge in [0.25, 0.3) is 5.91 Å². The number of hydrogen-bond donors (Lipinski definition) is 1. The van der Waals surface area contributed by atoms with Crippen LogP contribution in [0.4, 0.5) is 0 Å². The van der Waals surface area contributed by atoms with Crippen molar-refractivity contribution in [2.24, 2.45) is 0 Å². The van der Waals surface area contributed by atoms with Crippen molar-refractivity contribution in [3.05, 3.63) is 35.5 Å². The average Bonchev–Trinajstić information content (AvgIpc) is 2.89. The van der Waals surface area contributed by atoms with Crippen molar-refractivity contribution in [2.75, 3.05) is 27.4 Å². The van der Waals surface area contributed by atoms with E-state index < -0.39 is 0 Å². The number of nitrogens with zero attached hydrogens (tertiary/aromatic N) is 1. The molecule has 0 unspecified atom stereocenters. The van der Waals surface area contributed by atoms with Crippen LogP contribution in [0.3, 0.4) is 0 Å². The summed E-state index contributed by atoms with van der Waals surface area (Å²) in [6.07, 6.45) is 0. The second kappa shape index (κ2) is 6.90. The van der Waals surface area contributed by atoms with Crippen LogP contribution in [-0.4, -0.2) is 38.4 Å². The Labute approximate surface area is 123 Å². The fourth-order valence-electron chi connectivity index (χ4n) is 2.01. The van der Waals surface area contributed by atoms with Gasteiger partial charge in [0.05, 0.1) is 25.0 Å². The zero-order chi connectivity index (χ0) is 15.2. The minimum atomic E-state index is -0.244. The van der Waals surface area contributed by atoms with Crippen LogP contribution in [0.25, 0.3) is 11.3 Å². The van der Waals surface area contributed by atoms with Crippen LogP contribution in [0.2, 0.25) is 0 Å². The lowest BCUT2D eigenvalue weighted by Gasteiger charge is -2.08. The third kappa shape index (κ3) is 3.22. The molecule has 0 saturated heterocycles. The van der Waals surface area contributed by atoms with Gasteiger partial charge in [0.2, 0.25) is 0 Å². The summed E-state index contributed by atoms with van der Waals surface area (Å²) in [6, 6.07) is 7.33. The van der Waals surface area contributed by atoms with Crippen LogP contribution in [0, 0.1) is 6.92 Å². The van der Waals surface area contributed by atoms with Crippen molar-refractivity contribution in [3.63, 3.8) is 0 Å². The number of ether oxygens (including phenoxy) is 2. The quantitative estimate of drug-likeness (QED) is 0.824. The number of para-hydroxylation sites is 1. The van der Waals surface area contributed by atoms with Crippen LogP contribution in [-0.2, 0) is 4.74 Å². The van der Waals surface area contributed by atoms with Gasteiger partial charge in [-0.05, 0) is 19.1 Å². The molecule has 0 radical (unpaired) electrons. The Hall–Kier alpha value is -2.34. The maximum absolute atomic E-state index is 12.3. The lowest BCUT2D eigenvalue weighted by atomic mass is 10.1. The first-order valence-corrected chi connectivity index (χ1v) is 6.55. The summed E-state index contributed by atoms with van der Waals surface area (Å²) < 4.78 is 15.5. The predicted molar refractivity (Wildman–Crippen MR) is 77.4 cm³/mol. The van der Waals surface area contributed by atoms with Crippen LogP contribution in [0.15, 0.2) is 28.8 Å². The molecule has 1 amide bonds. The van der Waals surface area contributed by atoms with Gasteiger partial charge in [-0.3, -0.25) is 4.79 Å². The number of carbonyl (C=O) groups is 1. The van der Waals surface area contributed by atoms with Crippen molar-refractivity contribution in [3.8, 4) is 17.1 Å². The molecular weight excluding hydrogens is 272 g/mol. The number of methoxy groups -OCH3 is 2. The third-order valence-electron chi connectivity index (χ3n) is 3.03. The van der Waals surface area contributed by atoms with Gasteiger partial charge in [0.15, 0.2) is 5.76 Å². The molecule has 21 heavy (non-hydrogen) atoms. The molecule has 1 aromatic heterocycles. The summed E-state index contributed by atoms with van der Waals surface area (Å²) in [6.45, 7) is 2.60. The summed E-state index contributed by atoms with van der Waals surface area (Å²) in [5.41, 5.74) is 1.64. The molecule has 6 nitrogen and oxygen atoms in total. The molecule has 1 heterocycles. The normalized spacial score (nSPS) is 10.4. The molecule has 0 aliphatic carbocycles. The summed E-state index contributed by atoms with van der Waals surface area (Å²) in [5.74, 6) is 0.783. The monoisotopic (exact) mass is 290 g/mol. The zero-order valence-electron chi connectivity index (χ0n) is 12.3. The van der Waals surface area contributed by atoms with Crippen LogP contribution in [0.1, 0.15) is 16.1 Å². The molecule has 0 aliphatic rings. The number of rotatable bonds is 6. The van der Waals surface area contributed by atoms with Crippen molar-refractivity contribution in [2.45, 2.75) is 6.92 Å². The van der Waals surface area contributed by atoms with Gasteiger partial charge in [-0.25, -0.2) is 0 Å². The Morgan fingerprint density at radius 3 is 2.81 bits per heavy atom. The zero-order valence-corrected chi connectivity index (χ0v) is 12.3. The summed E-state index contributed by atoms with van der Waals surface area (Å²) in [7, 11) is 3.15. The number of amides is 1. The summed E-state index contributed by atoms with van der Waals surface area (Å²) in [4.78, 5) is 12.3. The molecule has 0 bridgehead atoms. The minimum Gasteiger partial charge on any atom is -0.496 e. The maximum atomic E-state index is 12.3. The maximum Gasteiger partial charge on any atom is 0.257 e. The second-order valence-corrected chi connectivity index (χ2v) is 4.42. The standard InChI is InChI=1S/C15H18N2O4/c1-10-13(15(18)16-8-9-19-2)14(21-17-10)11-6-4-5-7-12(11)20-3/h4-7H,8-9H2,1-3H3,(H,16,18). The second-order valence-electron chi connectivity index (χ2n) is 4.42. The molecule has 1 N–H and O–H groups in total. The Morgan fingerprint density at radius 1 is 1.33 bits per heavy atom. The lowest BCUT2D eigenvalue weighted by Crippen LogP contribution is -2.27. The smallest absolute Gasteiger partial charge is 0.257 e. The number of carbonyl (C=O) groups excluding carboxylic acids is 1. The van der Waals surface area contributed by atoms with Crippen molar-refractivity contribution in [1.82, 2.24) is 10.5 Å². The third-order valence-corrected chi connectivity index (χ3v) is 3.03. The van der Waals surface area contributed by atoms with Crippen LogP contribution < -0.4 is 10.1 Å². The SMILES string of the molecule is COCCNC(=O)c1c(C)noc1-c1ccccc1OC. The van der Waals surface area contributed by atoms with Gasteiger partial charge in [0.1, 0.15) is 11.3 Å². The van der Waals surface area contributed by atoms with Gasteiger partial charge in [-0.2, -0.15) is 0 Å². The molecule has 0 spiro atoms. The van der Waals surface area contributed by atoms with E-state index in [1.807, 2.05) is 18.2 Å². The average molecular weight is 290 g/mol. The molecular formula is C15H18N2O4. The highest BCUT2D eigenvalue weighted by Crippen LogP contribution is 2.33. The highest BCUT2D eigenvalue weighted by molar-refractivity contribution is 6.01. The van der Waals surface area contributed by atoms with Crippen molar-refractivity contribution in [1.29, 1.82) is 0 Å². The molecule has 2 aromatic rings. The minimum absolute atomic E-state index is 0.244.